The fourth-order valence-electron chi connectivity index (χ4n) is 2.31. The lowest BCUT2D eigenvalue weighted by molar-refractivity contribution is -0.145. The Hall–Kier alpha value is -2.57. The van der Waals surface area contributed by atoms with Crippen molar-refractivity contribution in [2.75, 3.05) is 0 Å². The summed E-state index contributed by atoms with van der Waals surface area (Å²) in [4.78, 5) is 36.0. The number of hydrogen-bond donors (Lipinski definition) is 3. The highest BCUT2D eigenvalue weighted by molar-refractivity contribution is 5.89. The molecule has 2 amide bonds. The highest BCUT2D eigenvalue weighted by Crippen LogP contribution is 2.20. The molecule has 1 aromatic rings. The molecule has 2 atom stereocenters. The molecule has 0 saturated heterocycles. The molecule has 0 aliphatic carbocycles. The lowest BCUT2D eigenvalue weighted by Crippen LogP contribution is -2.56. The number of benzene rings is 1. The van der Waals surface area contributed by atoms with Gasteiger partial charge in [-0.2, -0.15) is 0 Å². The molecule has 7 nitrogen and oxygen atoms in total. The Bertz CT molecular complexity index is 623. The molecule has 0 saturated carbocycles. The van der Waals surface area contributed by atoms with Crippen LogP contribution in [0, 0.1) is 11.3 Å². The van der Waals surface area contributed by atoms with Crippen LogP contribution >= 0.6 is 0 Å². The number of aliphatic carboxylic acids is 1. The van der Waals surface area contributed by atoms with Gasteiger partial charge in [-0.05, 0) is 16.9 Å². The fraction of sp³-hybridized carbons (Fsp3) is 0.571. The first-order chi connectivity index (χ1) is 13.0. The van der Waals surface area contributed by atoms with Crippen LogP contribution in [0.15, 0.2) is 30.3 Å². The van der Waals surface area contributed by atoms with Gasteiger partial charge in [-0.3, -0.25) is 4.79 Å². The molecule has 28 heavy (non-hydrogen) atoms. The van der Waals surface area contributed by atoms with Gasteiger partial charge in [-0.15, -0.1) is 0 Å². The van der Waals surface area contributed by atoms with Crippen molar-refractivity contribution >= 4 is 18.0 Å². The molecule has 0 bridgehead atoms. The van der Waals surface area contributed by atoms with Gasteiger partial charge in [0.25, 0.3) is 0 Å². The van der Waals surface area contributed by atoms with Crippen LogP contribution in [0.1, 0.15) is 54.0 Å². The van der Waals surface area contributed by atoms with Gasteiger partial charge in [0.15, 0.2) is 0 Å². The van der Waals surface area contributed by atoms with Crippen LogP contribution in [0.4, 0.5) is 4.79 Å². The second-order valence-corrected chi connectivity index (χ2v) is 7.57. The van der Waals surface area contributed by atoms with Crippen LogP contribution in [0.2, 0.25) is 0 Å². The number of carbonyl (C=O) groups is 3. The summed E-state index contributed by atoms with van der Waals surface area (Å²) in [7, 11) is 0. The summed E-state index contributed by atoms with van der Waals surface area (Å²) in [6.45, 7) is 12.8. The zero-order valence-electron chi connectivity index (χ0n) is 17.9. The smallest absolute Gasteiger partial charge is 0.408 e. The molecule has 158 valence electrons. The first-order valence-corrected chi connectivity index (χ1v) is 9.52. The van der Waals surface area contributed by atoms with Crippen molar-refractivity contribution in [2.45, 2.75) is 67.2 Å². The predicted octanol–water partition coefficient (Wildman–Crippen LogP) is 3.58. The Morgan fingerprint density at radius 2 is 1.57 bits per heavy atom. The van der Waals surface area contributed by atoms with Crippen molar-refractivity contribution in [1.29, 1.82) is 0 Å². The van der Waals surface area contributed by atoms with Crippen molar-refractivity contribution in [3.8, 4) is 0 Å². The number of amides is 2. The number of hydrogen-bond acceptors (Lipinski definition) is 4. The van der Waals surface area contributed by atoms with Gasteiger partial charge in [0.2, 0.25) is 5.91 Å². The van der Waals surface area contributed by atoms with E-state index in [9.17, 15) is 19.5 Å². The molecule has 0 spiro atoms. The van der Waals surface area contributed by atoms with Gasteiger partial charge in [-0.25, -0.2) is 9.59 Å². The van der Waals surface area contributed by atoms with Crippen LogP contribution in [-0.4, -0.2) is 35.2 Å². The normalized spacial score (nSPS) is 12.9. The third-order valence-electron chi connectivity index (χ3n) is 3.83. The van der Waals surface area contributed by atoms with Gasteiger partial charge in [0.1, 0.15) is 18.7 Å². The molecule has 0 radical (unpaired) electrons. The van der Waals surface area contributed by atoms with E-state index in [0.717, 1.165) is 5.56 Å². The lowest BCUT2D eigenvalue weighted by atomic mass is 9.86. The maximum Gasteiger partial charge on any atom is 0.408 e. The van der Waals surface area contributed by atoms with E-state index in [-0.39, 0.29) is 12.5 Å². The minimum atomic E-state index is -1.12. The summed E-state index contributed by atoms with van der Waals surface area (Å²) < 4.78 is 5.13. The van der Waals surface area contributed by atoms with Gasteiger partial charge in [0.05, 0.1) is 0 Å². The van der Waals surface area contributed by atoms with E-state index in [2.05, 4.69) is 10.6 Å². The first kappa shape index (κ1) is 25.4. The largest absolute Gasteiger partial charge is 0.480 e. The quantitative estimate of drug-likeness (QED) is 0.656. The highest BCUT2D eigenvalue weighted by Gasteiger charge is 2.35. The zero-order chi connectivity index (χ0) is 21.9. The van der Waals surface area contributed by atoms with Crippen molar-refractivity contribution in [3.05, 3.63) is 35.9 Å². The molecule has 1 rings (SSSR count). The van der Waals surface area contributed by atoms with Gasteiger partial charge >= 0.3 is 12.1 Å². The van der Waals surface area contributed by atoms with Gasteiger partial charge in [0, 0.05) is 0 Å². The lowest BCUT2D eigenvalue weighted by Gasteiger charge is -2.30. The van der Waals surface area contributed by atoms with Crippen molar-refractivity contribution in [3.63, 3.8) is 0 Å². The molecule has 0 aromatic heterocycles. The van der Waals surface area contributed by atoms with Gasteiger partial charge in [-0.1, -0.05) is 78.8 Å². The summed E-state index contributed by atoms with van der Waals surface area (Å²) in [6, 6.07) is 7.19. The third kappa shape index (κ3) is 8.88. The number of ether oxygens (including phenoxy) is 1. The second-order valence-electron chi connectivity index (χ2n) is 7.57. The predicted molar refractivity (Wildman–Crippen MR) is 109 cm³/mol. The summed E-state index contributed by atoms with van der Waals surface area (Å²) in [6.07, 6.45) is -0.731. The van der Waals surface area contributed by atoms with E-state index in [0.29, 0.717) is 0 Å². The van der Waals surface area contributed by atoms with Crippen LogP contribution < -0.4 is 10.6 Å². The first-order valence-electron chi connectivity index (χ1n) is 9.52. The van der Waals surface area contributed by atoms with Crippen LogP contribution in [-0.2, 0) is 20.9 Å². The van der Waals surface area contributed by atoms with E-state index in [4.69, 9.17) is 4.74 Å². The van der Waals surface area contributed by atoms with Crippen LogP contribution in [0.25, 0.3) is 0 Å². The monoisotopic (exact) mass is 394 g/mol. The fourth-order valence-corrected chi connectivity index (χ4v) is 2.31. The molecular weight excluding hydrogens is 360 g/mol. The van der Waals surface area contributed by atoms with Crippen LogP contribution in [0.3, 0.4) is 0 Å². The topological polar surface area (TPSA) is 105 Å². The standard InChI is InChI=1S/C19H28N2O5.C2H6/c1-12(2)14(16(22)21-15(17(23)24)19(3,4)5)20-18(25)26-11-13-9-7-6-8-10-13;1-2/h6-10,12,14-15H,11H2,1-5H3,(H,20,25)(H,21,22)(H,23,24);1-2H3/t14?,15-;/m1./s1. The summed E-state index contributed by atoms with van der Waals surface area (Å²) >= 11 is 0. The van der Waals surface area contributed by atoms with E-state index >= 15 is 0 Å². The Kier molecular flexibility index (Phi) is 10.9. The summed E-state index contributed by atoms with van der Waals surface area (Å²) in [5.41, 5.74) is 0.156. The van der Waals surface area contributed by atoms with E-state index in [1.54, 1.807) is 34.6 Å². The maximum absolute atomic E-state index is 12.5. The summed E-state index contributed by atoms with van der Waals surface area (Å²) in [5.74, 6) is -1.92. The van der Waals surface area contributed by atoms with Crippen molar-refractivity contribution in [1.82, 2.24) is 10.6 Å². The summed E-state index contributed by atoms with van der Waals surface area (Å²) in [5, 5.41) is 14.4. The second kappa shape index (κ2) is 12.0. The number of carbonyl (C=O) groups excluding carboxylic acids is 2. The van der Waals surface area contributed by atoms with Crippen LogP contribution in [0.5, 0.6) is 0 Å². The number of rotatable bonds is 7. The average molecular weight is 395 g/mol. The minimum Gasteiger partial charge on any atom is -0.480 e. The maximum atomic E-state index is 12.5. The zero-order valence-corrected chi connectivity index (χ0v) is 17.9. The Morgan fingerprint density at radius 3 is 2.00 bits per heavy atom. The number of carboxylic acid groups (broad SMARTS) is 1. The minimum absolute atomic E-state index is 0.0822. The van der Waals surface area contributed by atoms with Crippen molar-refractivity contribution in [2.24, 2.45) is 11.3 Å². The molecule has 7 heteroatoms. The Balaban J connectivity index is 0.00000352. The van der Waals surface area contributed by atoms with Gasteiger partial charge < -0.3 is 20.5 Å². The highest BCUT2D eigenvalue weighted by atomic mass is 16.5. The van der Waals surface area contributed by atoms with E-state index in [1.807, 2.05) is 44.2 Å². The Morgan fingerprint density at radius 1 is 1.04 bits per heavy atom. The average Bonchev–Trinajstić information content (AvgIpc) is 2.63. The molecule has 3 N–H and O–H groups in total. The molecular formula is C21H34N2O5. The number of alkyl carbamates (subject to hydrolysis) is 1. The molecule has 1 aromatic carbocycles. The number of carboxylic acids is 1. The number of nitrogens with one attached hydrogen (secondary N) is 2. The molecule has 0 heterocycles. The SMILES string of the molecule is CC.CC(C)C(NC(=O)OCc1ccccc1)C(=O)N[C@H](C(=O)O)C(C)(C)C. The molecule has 0 aliphatic heterocycles. The van der Waals surface area contributed by atoms with E-state index in [1.165, 1.54) is 0 Å². The third-order valence-corrected chi connectivity index (χ3v) is 3.83. The van der Waals surface area contributed by atoms with Crippen molar-refractivity contribution < 1.29 is 24.2 Å². The van der Waals surface area contributed by atoms with E-state index < -0.39 is 35.5 Å². The molecule has 0 aliphatic rings. The molecule has 0 fully saturated rings. The molecule has 1 unspecified atom stereocenters. The Labute approximate surface area is 167 Å².